The maximum absolute atomic E-state index is 2.53. The first kappa shape index (κ1) is 32.3. The number of hydrogen-bond donors (Lipinski definition) is 0. The summed E-state index contributed by atoms with van der Waals surface area (Å²) in [6, 6.07) is 78.7. The monoisotopic (exact) mass is 741 g/mol. The molecule has 0 saturated carbocycles. The molecule has 12 rings (SSSR count). The van der Waals surface area contributed by atoms with E-state index in [9.17, 15) is 0 Å². The Hall–Kier alpha value is -7.00. The summed E-state index contributed by atoms with van der Waals surface area (Å²) < 4.78 is 2.58. The Bertz CT molecular complexity index is 3140. The topological polar surface area (TPSA) is 3.24 Å². The molecule has 57 heavy (non-hydrogen) atoms. The molecule has 0 atom stereocenters. The minimum Gasteiger partial charge on any atom is -0.308 e. The summed E-state index contributed by atoms with van der Waals surface area (Å²) >= 11 is 1.88. The van der Waals surface area contributed by atoms with E-state index in [4.69, 9.17) is 0 Å². The summed E-state index contributed by atoms with van der Waals surface area (Å²) in [5, 5.41) is 2.58. The van der Waals surface area contributed by atoms with Gasteiger partial charge in [0, 0.05) is 26.7 Å². The van der Waals surface area contributed by atoms with Crippen molar-refractivity contribution in [1.82, 2.24) is 0 Å². The molecule has 9 aromatic carbocycles. The molecule has 1 spiro atoms. The summed E-state index contributed by atoms with van der Waals surface area (Å²) in [5.74, 6) is 0. The molecule has 1 nitrogen and oxygen atoms in total. The van der Waals surface area contributed by atoms with Crippen molar-refractivity contribution in [3.63, 3.8) is 0 Å². The first-order chi connectivity index (χ1) is 28.3. The van der Waals surface area contributed by atoms with Gasteiger partial charge in [-0.25, -0.2) is 0 Å². The molecule has 2 heteroatoms. The zero-order valence-corrected chi connectivity index (χ0v) is 31.9. The molecule has 0 saturated heterocycles. The third kappa shape index (κ3) is 4.62. The van der Waals surface area contributed by atoms with E-state index in [0.29, 0.717) is 0 Å². The first-order valence-electron chi connectivity index (χ1n) is 19.7. The predicted octanol–water partition coefficient (Wildman–Crippen LogP) is 15.2. The Morgan fingerprint density at radius 2 is 0.860 bits per heavy atom. The Kier molecular flexibility index (Phi) is 7.08. The van der Waals surface area contributed by atoms with Gasteiger partial charge >= 0.3 is 0 Å². The number of nitrogens with zero attached hydrogens (tertiary/aromatic N) is 1. The largest absolute Gasteiger partial charge is 0.308 e. The lowest BCUT2D eigenvalue weighted by Crippen LogP contribution is -2.26. The van der Waals surface area contributed by atoms with Gasteiger partial charge in [-0.3, -0.25) is 0 Å². The number of anilines is 3. The number of benzene rings is 9. The number of thiophene rings is 1. The lowest BCUT2D eigenvalue weighted by atomic mass is 9.70. The lowest BCUT2D eigenvalue weighted by molar-refractivity contribution is 0.793. The highest BCUT2D eigenvalue weighted by Gasteiger charge is 2.51. The quantitative estimate of drug-likeness (QED) is 0.170. The van der Waals surface area contributed by atoms with Crippen LogP contribution in [0.2, 0.25) is 0 Å². The van der Waals surface area contributed by atoms with Crippen LogP contribution in [0.3, 0.4) is 0 Å². The van der Waals surface area contributed by atoms with Gasteiger partial charge in [0.1, 0.15) is 0 Å². The van der Waals surface area contributed by atoms with Gasteiger partial charge < -0.3 is 4.90 Å². The molecule has 0 radical (unpaired) electrons. The Balaban J connectivity index is 1.15. The van der Waals surface area contributed by atoms with Crippen molar-refractivity contribution in [2.45, 2.75) is 5.41 Å². The number of para-hydroxylation sites is 1. The second-order valence-corrected chi connectivity index (χ2v) is 16.2. The second kappa shape index (κ2) is 12.5. The third-order valence-corrected chi connectivity index (χ3v) is 13.5. The van der Waals surface area contributed by atoms with Crippen LogP contribution in [-0.4, -0.2) is 0 Å². The van der Waals surface area contributed by atoms with Crippen molar-refractivity contribution < 1.29 is 0 Å². The molecule has 0 amide bonds. The Morgan fingerprint density at radius 1 is 0.333 bits per heavy atom. The van der Waals surface area contributed by atoms with Gasteiger partial charge in [0.2, 0.25) is 0 Å². The first-order valence-corrected chi connectivity index (χ1v) is 20.5. The zero-order valence-electron chi connectivity index (χ0n) is 31.1. The molecule has 1 heterocycles. The standard InChI is InChI=1S/C55H35NS/c1-2-16-36(17-3-1)37-18-14-19-38(34-37)40-20-7-12-29-51(40)56(52-30-15-25-46-45-24-8-13-31-53(45)57-54(46)52)39-32-33-44-43-23-6-11-28-49(43)55(50(44)35-39)47-26-9-4-21-41(47)42-22-5-10-27-48(42)55/h1-35H. The molecule has 2 aliphatic rings. The van der Waals surface area contributed by atoms with Gasteiger partial charge in [-0.15, -0.1) is 11.3 Å². The highest BCUT2D eigenvalue weighted by molar-refractivity contribution is 7.26. The molecule has 0 aliphatic heterocycles. The molecular formula is C55H35NS. The van der Waals surface area contributed by atoms with E-state index in [-0.39, 0.29) is 0 Å². The summed E-state index contributed by atoms with van der Waals surface area (Å²) in [6.07, 6.45) is 0. The fourth-order valence-corrected chi connectivity index (χ4v) is 11.2. The summed E-state index contributed by atoms with van der Waals surface area (Å²) in [5.41, 5.74) is 18.4. The number of rotatable bonds is 5. The average molecular weight is 742 g/mol. The van der Waals surface area contributed by atoms with Crippen LogP contribution in [-0.2, 0) is 5.41 Å². The van der Waals surface area contributed by atoms with Crippen LogP contribution < -0.4 is 4.90 Å². The van der Waals surface area contributed by atoms with Crippen molar-refractivity contribution in [1.29, 1.82) is 0 Å². The normalized spacial score (nSPS) is 13.1. The van der Waals surface area contributed by atoms with Crippen LogP contribution in [0.25, 0.3) is 64.7 Å². The van der Waals surface area contributed by atoms with E-state index < -0.39 is 5.41 Å². The van der Waals surface area contributed by atoms with Crippen LogP contribution in [0.5, 0.6) is 0 Å². The summed E-state index contributed by atoms with van der Waals surface area (Å²) in [6.45, 7) is 0. The average Bonchev–Trinajstić information content (AvgIpc) is 3.92. The van der Waals surface area contributed by atoms with E-state index in [1.54, 1.807) is 0 Å². The van der Waals surface area contributed by atoms with E-state index in [0.717, 1.165) is 11.4 Å². The molecule has 0 N–H and O–H groups in total. The van der Waals surface area contributed by atoms with E-state index in [1.807, 2.05) is 11.3 Å². The van der Waals surface area contributed by atoms with Gasteiger partial charge in [-0.2, -0.15) is 0 Å². The highest BCUT2D eigenvalue weighted by atomic mass is 32.1. The number of fused-ring (bicyclic) bond motifs is 13. The van der Waals surface area contributed by atoms with Crippen molar-refractivity contribution in [2.24, 2.45) is 0 Å². The smallest absolute Gasteiger partial charge is 0.0726 e. The molecule has 2 aliphatic carbocycles. The zero-order chi connectivity index (χ0) is 37.5. The minimum absolute atomic E-state index is 0.437. The lowest BCUT2D eigenvalue weighted by Gasteiger charge is -2.33. The van der Waals surface area contributed by atoms with Crippen LogP contribution in [0.4, 0.5) is 17.1 Å². The SMILES string of the molecule is c1ccc(-c2cccc(-c3ccccc3N(c3ccc4c(c3)C3(c5ccccc5-c5ccccc53)c3ccccc3-4)c3cccc4c3sc3ccccc34)c2)cc1. The van der Waals surface area contributed by atoms with E-state index in [2.05, 4.69) is 217 Å². The maximum atomic E-state index is 2.53. The fraction of sp³-hybridized carbons (Fsp3) is 0.0182. The second-order valence-electron chi connectivity index (χ2n) is 15.2. The van der Waals surface area contributed by atoms with Crippen LogP contribution in [0, 0.1) is 0 Å². The molecule has 266 valence electrons. The van der Waals surface area contributed by atoms with E-state index in [1.165, 1.54) is 92.6 Å². The van der Waals surface area contributed by atoms with Crippen molar-refractivity contribution in [3.05, 3.63) is 235 Å². The van der Waals surface area contributed by atoms with E-state index >= 15 is 0 Å². The fourth-order valence-electron chi connectivity index (χ4n) is 9.95. The van der Waals surface area contributed by atoms with Gasteiger partial charge in [-0.05, 0) is 97.6 Å². The number of hydrogen-bond acceptors (Lipinski definition) is 2. The molecule has 0 fully saturated rings. The van der Waals surface area contributed by atoms with Crippen molar-refractivity contribution in [3.8, 4) is 44.5 Å². The maximum Gasteiger partial charge on any atom is 0.0726 e. The van der Waals surface area contributed by atoms with Gasteiger partial charge in [0.05, 0.1) is 21.5 Å². The summed E-state index contributed by atoms with van der Waals surface area (Å²) in [7, 11) is 0. The molecule has 10 aromatic rings. The van der Waals surface area contributed by atoms with Crippen molar-refractivity contribution in [2.75, 3.05) is 4.90 Å². The van der Waals surface area contributed by atoms with Crippen LogP contribution in [0.1, 0.15) is 22.3 Å². The summed E-state index contributed by atoms with van der Waals surface area (Å²) in [4.78, 5) is 2.53. The van der Waals surface area contributed by atoms with Gasteiger partial charge in [0.15, 0.2) is 0 Å². The molecule has 0 unspecified atom stereocenters. The van der Waals surface area contributed by atoms with Crippen LogP contribution in [0.15, 0.2) is 212 Å². The molecule has 0 bridgehead atoms. The van der Waals surface area contributed by atoms with Gasteiger partial charge in [-0.1, -0.05) is 176 Å². The predicted molar refractivity (Wildman–Crippen MR) is 241 cm³/mol. The highest BCUT2D eigenvalue weighted by Crippen LogP contribution is 2.63. The van der Waals surface area contributed by atoms with Crippen LogP contribution >= 0.6 is 11.3 Å². The molecule has 1 aromatic heterocycles. The van der Waals surface area contributed by atoms with Crippen molar-refractivity contribution >= 4 is 48.6 Å². The third-order valence-electron chi connectivity index (χ3n) is 12.3. The molecular weight excluding hydrogens is 707 g/mol. The van der Waals surface area contributed by atoms with Gasteiger partial charge in [0.25, 0.3) is 0 Å². The Labute approximate surface area is 336 Å². The minimum atomic E-state index is -0.437. The Morgan fingerprint density at radius 3 is 1.60 bits per heavy atom.